The van der Waals surface area contributed by atoms with Gasteiger partial charge >= 0.3 is 5.97 Å². The van der Waals surface area contributed by atoms with Crippen LogP contribution < -0.4 is 19.5 Å². The van der Waals surface area contributed by atoms with Crippen LogP contribution >= 0.6 is 0 Å². The van der Waals surface area contributed by atoms with Gasteiger partial charge in [0.2, 0.25) is 0 Å². The van der Waals surface area contributed by atoms with E-state index in [4.69, 9.17) is 14.2 Å². The summed E-state index contributed by atoms with van der Waals surface area (Å²) in [5, 5.41) is 2.76. The molecule has 0 fully saturated rings. The van der Waals surface area contributed by atoms with Crippen molar-refractivity contribution in [2.24, 2.45) is 0 Å². The Morgan fingerprint density at radius 1 is 1.00 bits per heavy atom. The Labute approximate surface area is 140 Å². The maximum Gasteiger partial charge on any atom is 0.310 e. The van der Waals surface area contributed by atoms with Crippen molar-refractivity contribution in [1.29, 1.82) is 0 Å². The lowest BCUT2D eigenvalue weighted by Crippen LogP contribution is -2.13. The number of anilines is 1. The van der Waals surface area contributed by atoms with Crippen molar-refractivity contribution in [3.05, 3.63) is 48.0 Å². The van der Waals surface area contributed by atoms with Crippen LogP contribution in [0.2, 0.25) is 0 Å². The van der Waals surface area contributed by atoms with Gasteiger partial charge in [-0.15, -0.1) is 0 Å². The van der Waals surface area contributed by atoms with E-state index in [0.717, 1.165) is 0 Å². The predicted octanol–water partition coefficient (Wildman–Crippen LogP) is 3.27. The second-order valence-electron chi connectivity index (χ2n) is 4.88. The smallest absolute Gasteiger partial charge is 0.310 e. The molecule has 2 aromatic rings. The van der Waals surface area contributed by atoms with E-state index in [2.05, 4.69) is 5.32 Å². The van der Waals surface area contributed by atoms with E-state index in [0.29, 0.717) is 28.5 Å². The molecule has 0 aliphatic carbocycles. The summed E-state index contributed by atoms with van der Waals surface area (Å²) in [6, 6.07) is 11.5. The molecule has 0 radical (unpaired) electrons. The SMILES string of the molecule is CCC(=O)Oc1cccc(C(=O)Nc2ccc(OC)cc2OC)c1. The fourth-order valence-corrected chi connectivity index (χ4v) is 2.00. The lowest BCUT2D eigenvalue weighted by molar-refractivity contribution is -0.134. The molecule has 0 aromatic heterocycles. The van der Waals surface area contributed by atoms with Crippen molar-refractivity contribution in [2.45, 2.75) is 13.3 Å². The van der Waals surface area contributed by atoms with Gasteiger partial charge in [-0.2, -0.15) is 0 Å². The van der Waals surface area contributed by atoms with E-state index < -0.39 is 0 Å². The minimum absolute atomic E-state index is 0.263. The Kier molecular flexibility index (Phi) is 5.78. The van der Waals surface area contributed by atoms with Gasteiger partial charge in [0.25, 0.3) is 5.91 Å². The molecule has 0 aliphatic heterocycles. The lowest BCUT2D eigenvalue weighted by Gasteiger charge is -2.12. The van der Waals surface area contributed by atoms with Crippen LogP contribution in [0, 0.1) is 0 Å². The van der Waals surface area contributed by atoms with Crippen molar-refractivity contribution in [2.75, 3.05) is 19.5 Å². The van der Waals surface area contributed by atoms with E-state index in [9.17, 15) is 9.59 Å². The normalized spacial score (nSPS) is 9.96. The second-order valence-corrected chi connectivity index (χ2v) is 4.88. The third kappa shape index (κ3) is 4.25. The Morgan fingerprint density at radius 2 is 1.79 bits per heavy atom. The molecule has 126 valence electrons. The number of amides is 1. The van der Waals surface area contributed by atoms with Crippen molar-refractivity contribution in [3.63, 3.8) is 0 Å². The molecule has 0 heterocycles. The van der Waals surface area contributed by atoms with E-state index in [1.165, 1.54) is 13.2 Å². The molecule has 6 heteroatoms. The Morgan fingerprint density at radius 3 is 2.46 bits per heavy atom. The summed E-state index contributed by atoms with van der Waals surface area (Å²) in [5.74, 6) is 0.739. The zero-order valence-electron chi connectivity index (χ0n) is 13.8. The van der Waals surface area contributed by atoms with Gasteiger partial charge in [-0.3, -0.25) is 9.59 Å². The van der Waals surface area contributed by atoms with E-state index >= 15 is 0 Å². The number of carbonyl (C=O) groups excluding carboxylic acids is 2. The van der Waals surface area contributed by atoms with Crippen molar-refractivity contribution < 1.29 is 23.8 Å². The van der Waals surface area contributed by atoms with Gasteiger partial charge in [-0.1, -0.05) is 13.0 Å². The zero-order valence-corrected chi connectivity index (χ0v) is 13.8. The molecule has 1 N–H and O–H groups in total. The summed E-state index contributed by atoms with van der Waals surface area (Å²) in [6.07, 6.45) is 0.263. The van der Waals surface area contributed by atoms with Crippen LogP contribution in [0.4, 0.5) is 5.69 Å². The number of rotatable bonds is 6. The minimum Gasteiger partial charge on any atom is -0.497 e. The van der Waals surface area contributed by atoms with E-state index in [1.54, 1.807) is 50.4 Å². The monoisotopic (exact) mass is 329 g/mol. The first-order valence-electron chi connectivity index (χ1n) is 7.41. The molecule has 2 aromatic carbocycles. The summed E-state index contributed by atoms with van der Waals surface area (Å²) >= 11 is 0. The van der Waals surface area contributed by atoms with Crippen LogP contribution in [0.5, 0.6) is 17.2 Å². The molecule has 0 unspecified atom stereocenters. The summed E-state index contributed by atoms with van der Waals surface area (Å²) < 4.78 is 15.5. The number of carbonyl (C=O) groups is 2. The molecule has 0 saturated carbocycles. The van der Waals surface area contributed by atoms with Crippen molar-refractivity contribution >= 4 is 17.6 Å². The van der Waals surface area contributed by atoms with Crippen LogP contribution in [-0.4, -0.2) is 26.1 Å². The largest absolute Gasteiger partial charge is 0.497 e. The number of esters is 1. The van der Waals surface area contributed by atoms with Crippen LogP contribution in [-0.2, 0) is 4.79 Å². The number of nitrogens with one attached hydrogen (secondary N) is 1. The van der Waals surface area contributed by atoms with E-state index in [-0.39, 0.29) is 18.3 Å². The number of methoxy groups -OCH3 is 2. The first-order valence-corrected chi connectivity index (χ1v) is 7.41. The topological polar surface area (TPSA) is 73.9 Å². The molecule has 1 amide bonds. The Bertz CT molecular complexity index is 742. The summed E-state index contributed by atoms with van der Waals surface area (Å²) in [4.78, 5) is 23.8. The minimum atomic E-state index is -0.357. The summed E-state index contributed by atoms with van der Waals surface area (Å²) in [6.45, 7) is 1.70. The lowest BCUT2D eigenvalue weighted by atomic mass is 10.2. The average molecular weight is 329 g/mol. The molecule has 0 aliphatic rings. The van der Waals surface area contributed by atoms with Crippen LogP contribution in [0.1, 0.15) is 23.7 Å². The predicted molar refractivity (Wildman–Crippen MR) is 89.9 cm³/mol. The first-order chi connectivity index (χ1) is 11.6. The highest BCUT2D eigenvalue weighted by molar-refractivity contribution is 6.05. The molecule has 6 nitrogen and oxygen atoms in total. The van der Waals surface area contributed by atoms with E-state index in [1.807, 2.05) is 0 Å². The quantitative estimate of drug-likeness (QED) is 0.650. The highest BCUT2D eigenvalue weighted by Crippen LogP contribution is 2.29. The number of ether oxygens (including phenoxy) is 3. The Hall–Kier alpha value is -3.02. The average Bonchev–Trinajstić information content (AvgIpc) is 2.62. The molecule has 0 atom stereocenters. The Balaban J connectivity index is 2.18. The number of hydrogen-bond acceptors (Lipinski definition) is 5. The third-order valence-corrected chi connectivity index (χ3v) is 3.27. The van der Waals surface area contributed by atoms with Gasteiger partial charge in [0.15, 0.2) is 0 Å². The van der Waals surface area contributed by atoms with Gasteiger partial charge in [0.1, 0.15) is 17.2 Å². The highest BCUT2D eigenvalue weighted by atomic mass is 16.5. The molecule has 0 saturated heterocycles. The molecular formula is C18H19NO5. The summed E-state index contributed by atoms with van der Waals surface area (Å²) in [5.41, 5.74) is 0.883. The van der Waals surface area contributed by atoms with Crippen LogP contribution in [0.25, 0.3) is 0 Å². The van der Waals surface area contributed by atoms with Crippen molar-refractivity contribution in [3.8, 4) is 17.2 Å². The van der Waals surface area contributed by atoms with Gasteiger partial charge in [0.05, 0.1) is 19.9 Å². The zero-order chi connectivity index (χ0) is 17.5. The van der Waals surface area contributed by atoms with Crippen LogP contribution in [0.15, 0.2) is 42.5 Å². The first kappa shape index (κ1) is 17.3. The number of hydrogen-bond donors (Lipinski definition) is 1. The standard InChI is InChI=1S/C18H19NO5/c1-4-17(20)24-14-7-5-6-12(10-14)18(21)19-15-9-8-13(22-2)11-16(15)23-3/h5-11H,4H2,1-3H3,(H,19,21). The maximum absolute atomic E-state index is 12.4. The molecule has 0 bridgehead atoms. The molecular weight excluding hydrogens is 310 g/mol. The van der Waals surface area contributed by atoms with Crippen LogP contribution in [0.3, 0.4) is 0 Å². The molecule has 2 rings (SSSR count). The second kappa shape index (κ2) is 8.01. The van der Waals surface area contributed by atoms with Gasteiger partial charge < -0.3 is 19.5 Å². The van der Waals surface area contributed by atoms with Gasteiger partial charge in [0, 0.05) is 18.1 Å². The maximum atomic E-state index is 12.4. The fourth-order valence-electron chi connectivity index (χ4n) is 2.00. The fraction of sp³-hybridized carbons (Fsp3) is 0.222. The van der Waals surface area contributed by atoms with Crippen molar-refractivity contribution in [1.82, 2.24) is 0 Å². The van der Waals surface area contributed by atoms with Gasteiger partial charge in [-0.25, -0.2) is 0 Å². The third-order valence-electron chi connectivity index (χ3n) is 3.27. The molecule has 24 heavy (non-hydrogen) atoms. The number of benzene rings is 2. The highest BCUT2D eigenvalue weighted by Gasteiger charge is 2.12. The molecule has 0 spiro atoms. The summed E-state index contributed by atoms with van der Waals surface area (Å²) in [7, 11) is 3.06. The van der Waals surface area contributed by atoms with Gasteiger partial charge in [-0.05, 0) is 30.3 Å².